The third-order valence-corrected chi connectivity index (χ3v) is 4.02. The Hall–Kier alpha value is -1.88. The molecule has 1 saturated heterocycles. The fourth-order valence-corrected chi connectivity index (χ4v) is 2.83. The Kier molecular flexibility index (Phi) is 5.33. The van der Waals surface area contributed by atoms with Crippen LogP contribution in [0.4, 0.5) is 0 Å². The highest BCUT2D eigenvalue weighted by Crippen LogP contribution is 2.23. The maximum atomic E-state index is 12.5. The Morgan fingerprint density at radius 3 is 2.71 bits per heavy atom. The van der Waals surface area contributed by atoms with Gasteiger partial charge in [0, 0.05) is 19.5 Å². The molecular formula is C16H22N2O3. The summed E-state index contributed by atoms with van der Waals surface area (Å²) in [7, 11) is 0. The number of hydrogen-bond acceptors (Lipinski definition) is 3. The Bertz CT molecular complexity index is 490. The SMILES string of the molecule is N[C@H](C(=O)N1CCCC(CCC(=O)O)C1)c1ccccc1. The topological polar surface area (TPSA) is 83.6 Å². The van der Waals surface area contributed by atoms with Gasteiger partial charge >= 0.3 is 5.97 Å². The summed E-state index contributed by atoms with van der Waals surface area (Å²) in [6.45, 7) is 1.33. The van der Waals surface area contributed by atoms with Crippen molar-refractivity contribution in [3.8, 4) is 0 Å². The lowest BCUT2D eigenvalue weighted by Crippen LogP contribution is -2.44. The van der Waals surface area contributed by atoms with E-state index in [4.69, 9.17) is 10.8 Å². The van der Waals surface area contributed by atoms with E-state index in [1.54, 1.807) is 4.90 Å². The zero-order chi connectivity index (χ0) is 15.2. The number of nitrogens with zero attached hydrogens (tertiary/aromatic N) is 1. The van der Waals surface area contributed by atoms with E-state index in [0.717, 1.165) is 18.4 Å². The van der Waals surface area contributed by atoms with Crippen molar-refractivity contribution in [1.29, 1.82) is 0 Å². The van der Waals surface area contributed by atoms with Crippen molar-refractivity contribution in [3.63, 3.8) is 0 Å². The van der Waals surface area contributed by atoms with Crippen LogP contribution in [-0.2, 0) is 9.59 Å². The van der Waals surface area contributed by atoms with E-state index < -0.39 is 12.0 Å². The molecule has 21 heavy (non-hydrogen) atoms. The molecule has 0 aromatic heterocycles. The second kappa shape index (κ2) is 7.22. The maximum absolute atomic E-state index is 12.5. The highest BCUT2D eigenvalue weighted by Gasteiger charge is 2.27. The Morgan fingerprint density at radius 2 is 2.05 bits per heavy atom. The van der Waals surface area contributed by atoms with Gasteiger partial charge in [0.05, 0.1) is 0 Å². The smallest absolute Gasteiger partial charge is 0.303 e. The molecule has 5 heteroatoms. The fraction of sp³-hybridized carbons (Fsp3) is 0.500. The minimum absolute atomic E-state index is 0.0683. The zero-order valence-electron chi connectivity index (χ0n) is 12.1. The Balaban J connectivity index is 1.94. The average molecular weight is 290 g/mol. The van der Waals surface area contributed by atoms with E-state index in [1.807, 2.05) is 30.3 Å². The lowest BCUT2D eigenvalue weighted by atomic mass is 9.92. The molecule has 0 radical (unpaired) electrons. The zero-order valence-corrected chi connectivity index (χ0v) is 12.1. The molecule has 1 aromatic carbocycles. The number of piperidine rings is 1. The fourth-order valence-electron chi connectivity index (χ4n) is 2.83. The Labute approximate surface area is 124 Å². The molecule has 2 atom stereocenters. The van der Waals surface area contributed by atoms with Gasteiger partial charge < -0.3 is 15.7 Å². The van der Waals surface area contributed by atoms with Gasteiger partial charge in [-0.2, -0.15) is 0 Å². The predicted octanol–water partition coefficient (Wildman–Crippen LogP) is 1.79. The van der Waals surface area contributed by atoms with E-state index in [1.165, 1.54) is 0 Å². The van der Waals surface area contributed by atoms with Crippen LogP contribution in [0.15, 0.2) is 30.3 Å². The number of rotatable bonds is 5. The molecule has 1 heterocycles. The summed E-state index contributed by atoms with van der Waals surface area (Å²) in [4.78, 5) is 24.9. The van der Waals surface area contributed by atoms with Crippen LogP contribution in [0.2, 0.25) is 0 Å². The summed E-state index contributed by atoms with van der Waals surface area (Å²) in [5, 5.41) is 8.76. The van der Waals surface area contributed by atoms with Crippen molar-refractivity contribution in [2.24, 2.45) is 11.7 Å². The monoisotopic (exact) mass is 290 g/mol. The first kappa shape index (κ1) is 15.5. The molecule has 1 unspecified atom stereocenters. The van der Waals surface area contributed by atoms with Crippen LogP contribution in [-0.4, -0.2) is 35.0 Å². The molecule has 1 aliphatic heterocycles. The van der Waals surface area contributed by atoms with Crippen LogP contribution < -0.4 is 5.73 Å². The molecule has 1 aromatic rings. The molecular weight excluding hydrogens is 268 g/mol. The summed E-state index contributed by atoms with van der Waals surface area (Å²) in [5.74, 6) is -0.581. The minimum Gasteiger partial charge on any atom is -0.481 e. The predicted molar refractivity (Wildman–Crippen MR) is 79.5 cm³/mol. The number of hydrogen-bond donors (Lipinski definition) is 2. The Morgan fingerprint density at radius 1 is 1.33 bits per heavy atom. The van der Waals surface area contributed by atoms with Gasteiger partial charge in [-0.15, -0.1) is 0 Å². The number of carbonyl (C=O) groups is 2. The van der Waals surface area contributed by atoms with Gasteiger partial charge in [0.25, 0.3) is 0 Å². The summed E-state index contributed by atoms with van der Waals surface area (Å²) < 4.78 is 0. The van der Waals surface area contributed by atoms with Crippen LogP contribution >= 0.6 is 0 Å². The molecule has 2 rings (SSSR count). The van der Waals surface area contributed by atoms with Gasteiger partial charge in [0.15, 0.2) is 0 Å². The summed E-state index contributed by atoms with van der Waals surface area (Å²) in [5.41, 5.74) is 6.87. The van der Waals surface area contributed by atoms with Crippen molar-refractivity contribution >= 4 is 11.9 Å². The molecule has 0 bridgehead atoms. The second-order valence-electron chi connectivity index (χ2n) is 5.61. The number of likely N-dealkylation sites (tertiary alicyclic amines) is 1. The largest absolute Gasteiger partial charge is 0.481 e. The highest BCUT2D eigenvalue weighted by molar-refractivity contribution is 5.83. The molecule has 0 spiro atoms. The molecule has 3 N–H and O–H groups in total. The van der Waals surface area contributed by atoms with Gasteiger partial charge in [-0.25, -0.2) is 0 Å². The summed E-state index contributed by atoms with van der Waals surface area (Å²) >= 11 is 0. The van der Waals surface area contributed by atoms with E-state index in [9.17, 15) is 9.59 Å². The van der Waals surface area contributed by atoms with Crippen LogP contribution in [0.25, 0.3) is 0 Å². The molecule has 5 nitrogen and oxygen atoms in total. The number of amides is 1. The number of nitrogens with two attached hydrogens (primary N) is 1. The number of carboxylic acid groups (broad SMARTS) is 1. The maximum Gasteiger partial charge on any atom is 0.303 e. The summed E-state index contributed by atoms with van der Waals surface area (Å²) in [6, 6.07) is 8.71. The van der Waals surface area contributed by atoms with Crippen LogP contribution in [0.5, 0.6) is 0 Å². The normalized spacial score (nSPS) is 20.0. The van der Waals surface area contributed by atoms with Gasteiger partial charge in [-0.05, 0) is 30.7 Å². The molecule has 1 aliphatic rings. The van der Waals surface area contributed by atoms with Crippen molar-refractivity contribution in [2.75, 3.05) is 13.1 Å². The first-order valence-corrected chi connectivity index (χ1v) is 7.39. The number of benzene rings is 1. The summed E-state index contributed by atoms with van der Waals surface area (Å²) in [6.07, 6.45) is 2.69. The second-order valence-corrected chi connectivity index (χ2v) is 5.61. The lowest BCUT2D eigenvalue weighted by Gasteiger charge is -2.34. The number of carboxylic acids is 1. The third-order valence-electron chi connectivity index (χ3n) is 4.02. The van der Waals surface area contributed by atoms with E-state index in [2.05, 4.69) is 0 Å². The molecule has 1 fully saturated rings. The van der Waals surface area contributed by atoms with Crippen LogP contribution in [0.3, 0.4) is 0 Å². The standard InChI is InChI=1S/C16H22N2O3/c17-15(13-6-2-1-3-7-13)16(21)18-10-4-5-12(11-18)8-9-14(19)20/h1-3,6-7,12,15H,4-5,8-11,17H2,(H,19,20)/t12?,15-/m0/s1. The lowest BCUT2D eigenvalue weighted by molar-refractivity contribution is -0.137. The molecule has 0 aliphatic carbocycles. The van der Waals surface area contributed by atoms with Crippen molar-refractivity contribution in [3.05, 3.63) is 35.9 Å². The van der Waals surface area contributed by atoms with Gasteiger partial charge in [-0.1, -0.05) is 30.3 Å². The third kappa shape index (κ3) is 4.29. The van der Waals surface area contributed by atoms with E-state index in [0.29, 0.717) is 19.5 Å². The first-order valence-electron chi connectivity index (χ1n) is 7.39. The first-order chi connectivity index (χ1) is 10.1. The average Bonchev–Trinajstić information content (AvgIpc) is 2.52. The van der Waals surface area contributed by atoms with Gasteiger partial charge in [0.2, 0.25) is 5.91 Å². The quantitative estimate of drug-likeness (QED) is 0.866. The van der Waals surface area contributed by atoms with Gasteiger partial charge in [0.1, 0.15) is 6.04 Å². The van der Waals surface area contributed by atoms with Crippen molar-refractivity contribution in [1.82, 2.24) is 4.90 Å². The minimum atomic E-state index is -0.778. The molecule has 1 amide bonds. The number of aliphatic carboxylic acids is 1. The number of carbonyl (C=O) groups excluding carboxylic acids is 1. The van der Waals surface area contributed by atoms with Gasteiger partial charge in [-0.3, -0.25) is 9.59 Å². The van der Waals surface area contributed by atoms with Crippen LogP contribution in [0.1, 0.15) is 37.3 Å². The molecule has 0 saturated carbocycles. The molecule has 114 valence electrons. The van der Waals surface area contributed by atoms with Crippen molar-refractivity contribution < 1.29 is 14.7 Å². The highest BCUT2D eigenvalue weighted by atomic mass is 16.4. The van der Waals surface area contributed by atoms with E-state index in [-0.39, 0.29) is 18.2 Å². The van der Waals surface area contributed by atoms with Crippen molar-refractivity contribution in [2.45, 2.75) is 31.7 Å². The van der Waals surface area contributed by atoms with Crippen LogP contribution in [0, 0.1) is 5.92 Å². The van der Waals surface area contributed by atoms with E-state index >= 15 is 0 Å².